The number of hydrogen-bond donors (Lipinski definition) is 1. The van der Waals surface area contributed by atoms with Crippen molar-refractivity contribution >= 4 is 28.5 Å². The molecule has 12 heteroatoms. The van der Waals surface area contributed by atoms with Gasteiger partial charge in [0.05, 0.1) is 0 Å². The molecule has 1 N–H and O–H groups in total. The van der Waals surface area contributed by atoms with Gasteiger partial charge in [0, 0.05) is 30.9 Å². The molecule has 32 heavy (non-hydrogen) atoms. The number of ether oxygens (including phenoxy) is 1. The average Bonchev–Trinajstić information content (AvgIpc) is 3.43. The molecule has 0 aliphatic heterocycles. The first-order valence-corrected chi connectivity index (χ1v) is 11.0. The molecule has 0 radical (unpaired) electrons. The van der Waals surface area contributed by atoms with Crippen molar-refractivity contribution in [3.05, 3.63) is 56.2 Å². The van der Waals surface area contributed by atoms with Gasteiger partial charge >= 0.3 is 11.7 Å². The number of H-pyrrole nitrogens is 1. The minimum Gasteiger partial charge on any atom is -0.453 e. The van der Waals surface area contributed by atoms with Crippen molar-refractivity contribution in [1.29, 1.82) is 0 Å². The third kappa shape index (κ3) is 4.08. The minimum absolute atomic E-state index is 0.134. The van der Waals surface area contributed by atoms with E-state index in [2.05, 4.69) is 24.9 Å². The molecule has 0 fully saturated rings. The monoisotopic (exact) mass is 455 g/mol. The van der Waals surface area contributed by atoms with Gasteiger partial charge in [0.1, 0.15) is 12.4 Å². The fourth-order valence-electron chi connectivity index (χ4n) is 3.28. The van der Waals surface area contributed by atoms with E-state index in [-0.39, 0.29) is 23.5 Å². The van der Waals surface area contributed by atoms with Crippen LogP contribution in [0.2, 0.25) is 0 Å². The Bertz CT molecular complexity index is 1370. The molecule has 0 spiro atoms. The van der Waals surface area contributed by atoms with Crippen LogP contribution < -0.4 is 11.2 Å². The van der Waals surface area contributed by atoms with Gasteiger partial charge in [0.2, 0.25) is 0 Å². The zero-order valence-electron chi connectivity index (χ0n) is 17.6. The van der Waals surface area contributed by atoms with Crippen LogP contribution in [0.15, 0.2) is 33.4 Å². The second-order valence-electron chi connectivity index (χ2n) is 6.90. The number of imidazole rings is 1. The predicted octanol–water partition coefficient (Wildman–Crippen LogP) is 1.98. The molecule has 0 aromatic carbocycles. The molecule has 0 atom stereocenters. The summed E-state index contributed by atoms with van der Waals surface area (Å²) in [7, 11) is 0. The van der Waals surface area contributed by atoms with Gasteiger partial charge in [0.15, 0.2) is 27.7 Å². The first kappa shape index (κ1) is 21.6. The third-order valence-corrected chi connectivity index (χ3v) is 5.66. The summed E-state index contributed by atoms with van der Waals surface area (Å²) in [5, 5.41) is 2.08. The molecule has 4 heterocycles. The number of rotatable bonds is 8. The molecule has 0 saturated heterocycles. The maximum Gasteiger partial charge on any atom is 0.358 e. The van der Waals surface area contributed by atoms with Crippen molar-refractivity contribution in [3.63, 3.8) is 0 Å². The number of fused-ring (bicyclic) bond motifs is 1. The lowest BCUT2D eigenvalue weighted by Crippen LogP contribution is -2.31. The number of hydrogen-bond acceptors (Lipinski definition) is 9. The molecule has 0 aliphatic rings. The van der Waals surface area contributed by atoms with Crippen LogP contribution >= 0.6 is 11.3 Å². The molecule has 4 aromatic heterocycles. The first-order chi connectivity index (χ1) is 15.5. The number of unbranched alkanes of at least 4 members (excludes halogenated alkanes) is 1. The number of thiazole rings is 1. The molecule has 166 valence electrons. The highest BCUT2D eigenvalue weighted by atomic mass is 32.1. The van der Waals surface area contributed by atoms with E-state index in [9.17, 15) is 14.4 Å². The molecule has 0 saturated carbocycles. The molecule has 0 aliphatic carbocycles. The normalized spacial score (nSPS) is 11.2. The molecule has 0 bridgehead atoms. The van der Waals surface area contributed by atoms with Gasteiger partial charge in [-0.1, -0.05) is 13.3 Å². The number of aryl methyl sites for hydroxylation is 2. The lowest BCUT2D eigenvalue weighted by Gasteiger charge is -2.06. The number of nitrogens with zero attached hydrogens (tertiary/aromatic N) is 6. The first-order valence-electron chi connectivity index (χ1n) is 10.2. The van der Waals surface area contributed by atoms with Crippen LogP contribution in [-0.2, 0) is 24.4 Å². The minimum atomic E-state index is -0.629. The zero-order valence-corrected chi connectivity index (χ0v) is 18.4. The topological polar surface area (TPSA) is 138 Å². The summed E-state index contributed by atoms with van der Waals surface area (Å²) in [6.07, 6.45) is 4.84. The van der Waals surface area contributed by atoms with Crippen LogP contribution in [0, 0.1) is 0 Å². The Morgan fingerprint density at radius 1 is 1.16 bits per heavy atom. The van der Waals surface area contributed by atoms with Crippen LogP contribution in [-0.4, -0.2) is 40.0 Å². The van der Waals surface area contributed by atoms with Gasteiger partial charge in [0.25, 0.3) is 5.56 Å². The second-order valence-corrected chi connectivity index (χ2v) is 7.75. The highest BCUT2D eigenvalue weighted by Crippen LogP contribution is 2.20. The van der Waals surface area contributed by atoms with E-state index in [1.807, 2.05) is 13.8 Å². The summed E-state index contributed by atoms with van der Waals surface area (Å²) in [5.74, 6) is 0.170. The number of aromatic amines is 1. The highest BCUT2D eigenvalue weighted by molar-refractivity contribution is 7.13. The van der Waals surface area contributed by atoms with E-state index in [0.29, 0.717) is 29.7 Å². The van der Waals surface area contributed by atoms with Crippen molar-refractivity contribution < 1.29 is 9.53 Å². The van der Waals surface area contributed by atoms with Gasteiger partial charge in [-0.3, -0.25) is 14.3 Å². The largest absolute Gasteiger partial charge is 0.453 e. The van der Waals surface area contributed by atoms with Crippen LogP contribution in [0.25, 0.3) is 22.0 Å². The second kappa shape index (κ2) is 9.22. The van der Waals surface area contributed by atoms with Crippen molar-refractivity contribution in [3.8, 4) is 10.8 Å². The Hall–Kier alpha value is -3.67. The Labute approximate surface area is 185 Å². The van der Waals surface area contributed by atoms with Gasteiger partial charge in [-0.15, -0.1) is 11.3 Å². The fraction of sp³-hybridized carbons (Fsp3) is 0.350. The van der Waals surface area contributed by atoms with E-state index in [1.165, 1.54) is 15.9 Å². The molecule has 11 nitrogen and oxygen atoms in total. The van der Waals surface area contributed by atoms with Crippen molar-refractivity contribution in [2.24, 2.45) is 0 Å². The van der Waals surface area contributed by atoms with E-state index in [4.69, 9.17) is 4.74 Å². The number of aromatic nitrogens is 7. The van der Waals surface area contributed by atoms with E-state index in [0.717, 1.165) is 12.8 Å². The van der Waals surface area contributed by atoms with Gasteiger partial charge in [-0.25, -0.2) is 29.5 Å². The highest BCUT2D eigenvalue weighted by Gasteiger charge is 2.20. The van der Waals surface area contributed by atoms with Crippen LogP contribution in [0.5, 0.6) is 0 Å². The number of carbonyl (C=O) groups excluding carboxylic acids is 1. The molecule has 4 aromatic rings. The lowest BCUT2D eigenvalue weighted by atomic mass is 10.3. The standard InChI is InChI=1S/C20H21N7O4S/c1-3-5-9-27-16-14(17(28)25-20(27)30)26(4-2)13(24-16)10-31-19(29)12-11-32-18(23-12)15-21-7-6-8-22-15/h6-8,11H,3-5,9-10H2,1-2H3,(H,25,28,30). The number of carbonyl (C=O) groups is 1. The van der Waals surface area contributed by atoms with Crippen molar-refractivity contribution in [2.45, 2.75) is 46.4 Å². The average molecular weight is 456 g/mol. The van der Waals surface area contributed by atoms with Crippen LogP contribution in [0.4, 0.5) is 0 Å². The summed E-state index contributed by atoms with van der Waals surface area (Å²) >= 11 is 1.24. The maximum absolute atomic E-state index is 12.5. The predicted molar refractivity (Wildman–Crippen MR) is 117 cm³/mol. The Balaban J connectivity index is 1.60. The Morgan fingerprint density at radius 2 is 1.94 bits per heavy atom. The summed E-state index contributed by atoms with van der Waals surface area (Å²) < 4.78 is 8.50. The van der Waals surface area contributed by atoms with E-state index < -0.39 is 17.2 Å². The van der Waals surface area contributed by atoms with Gasteiger partial charge < -0.3 is 9.30 Å². The fourth-order valence-corrected chi connectivity index (χ4v) is 4.01. The van der Waals surface area contributed by atoms with Gasteiger partial charge in [-0.2, -0.15) is 0 Å². The van der Waals surface area contributed by atoms with E-state index >= 15 is 0 Å². The quantitative estimate of drug-likeness (QED) is 0.398. The molecule has 0 unspecified atom stereocenters. The smallest absolute Gasteiger partial charge is 0.358 e. The third-order valence-electron chi connectivity index (χ3n) is 4.82. The number of esters is 1. The molecular weight excluding hydrogens is 434 g/mol. The van der Waals surface area contributed by atoms with Crippen LogP contribution in [0.3, 0.4) is 0 Å². The molecular formula is C20H21N7O4S. The number of nitrogens with one attached hydrogen (secondary N) is 1. The summed E-state index contributed by atoms with van der Waals surface area (Å²) in [6.45, 7) is 4.55. The SMILES string of the molecule is CCCCn1c(=O)[nH]c(=O)c2c1nc(COC(=O)c1csc(-c3ncccn3)n1)n2CC. The van der Waals surface area contributed by atoms with Gasteiger partial charge in [-0.05, 0) is 19.4 Å². The summed E-state index contributed by atoms with van der Waals surface area (Å²) in [5.41, 5.74) is -0.312. The van der Waals surface area contributed by atoms with Crippen molar-refractivity contribution in [2.75, 3.05) is 0 Å². The maximum atomic E-state index is 12.5. The van der Waals surface area contributed by atoms with Crippen molar-refractivity contribution in [1.82, 2.24) is 34.1 Å². The molecule has 0 amide bonds. The summed E-state index contributed by atoms with van der Waals surface area (Å²) in [4.78, 5) is 56.6. The van der Waals surface area contributed by atoms with Crippen LogP contribution in [0.1, 0.15) is 43.0 Å². The zero-order chi connectivity index (χ0) is 22.7. The van der Waals surface area contributed by atoms with E-state index in [1.54, 1.807) is 28.4 Å². The Kier molecular flexibility index (Phi) is 6.21. The summed E-state index contributed by atoms with van der Waals surface area (Å²) in [6, 6.07) is 1.69. The Morgan fingerprint density at radius 3 is 2.66 bits per heavy atom. The lowest BCUT2D eigenvalue weighted by molar-refractivity contribution is 0.0452. The molecule has 4 rings (SSSR count).